The lowest BCUT2D eigenvalue weighted by Crippen LogP contribution is -2.36. The first-order valence-electron chi connectivity index (χ1n) is 5.05. The zero-order valence-corrected chi connectivity index (χ0v) is 9.28. The zero-order valence-electron chi connectivity index (χ0n) is 9.28. The van der Waals surface area contributed by atoms with E-state index in [0.29, 0.717) is 12.5 Å². The number of H-pyrrole nitrogens is 1. The number of imidazole rings is 1. The van der Waals surface area contributed by atoms with Crippen LogP contribution in [0.3, 0.4) is 0 Å². The first kappa shape index (κ1) is 11.6. The van der Waals surface area contributed by atoms with Crippen LogP contribution in [0, 0.1) is 5.92 Å². The van der Waals surface area contributed by atoms with Gasteiger partial charge in [0, 0.05) is 18.9 Å². The maximum absolute atomic E-state index is 11.6. The highest BCUT2D eigenvalue weighted by molar-refractivity contribution is 5.79. The highest BCUT2D eigenvalue weighted by Crippen LogP contribution is 2.01. The summed E-state index contributed by atoms with van der Waals surface area (Å²) in [5.74, 6) is 0.273. The number of carbonyl (C=O) groups is 1. The molecule has 1 rings (SSSR count). The second-order valence-electron chi connectivity index (χ2n) is 3.99. The summed E-state index contributed by atoms with van der Waals surface area (Å²) in [5, 5.41) is 2.78. The van der Waals surface area contributed by atoms with E-state index < -0.39 is 6.04 Å². The van der Waals surface area contributed by atoms with Crippen molar-refractivity contribution in [2.45, 2.75) is 26.8 Å². The Bertz CT molecular complexity index is 378. The fraction of sp³-hybridized carbons (Fsp3) is 0.600. The van der Waals surface area contributed by atoms with Crippen LogP contribution in [0.25, 0.3) is 0 Å². The lowest BCUT2D eigenvalue weighted by atomic mass is 10.2. The van der Waals surface area contributed by atoms with E-state index in [2.05, 4.69) is 10.3 Å². The number of aromatic nitrogens is 2. The Labute approximate surface area is 88.5 Å². The second kappa shape index (κ2) is 4.82. The van der Waals surface area contributed by atoms with Crippen LogP contribution in [0.2, 0.25) is 0 Å². The first-order chi connectivity index (χ1) is 7.02. The molecule has 1 aromatic heterocycles. The minimum Gasteiger partial charge on any atom is -0.354 e. The van der Waals surface area contributed by atoms with Gasteiger partial charge in [-0.05, 0) is 12.8 Å². The van der Waals surface area contributed by atoms with Crippen molar-refractivity contribution in [2.24, 2.45) is 5.92 Å². The summed E-state index contributed by atoms with van der Waals surface area (Å²) in [5.41, 5.74) is -0.262. The number of nitrogens with zero attached hydrogens (tertiary/aromatic N) is 1. The molecule has 1 amide bonds. The molecule has 0 spiro atoms. The average molecular weight is 211 g/mol. The van der Waals surface area contributed by atoms with Gasteiger partial charge in [0.15, 0.2) is 0 Å². The number of rotatable bonds is 4. The van der Waals surface area contributed by atoms with Gasteiger partial charge in [-0.1, -0.05) is 13.8 Å². The smallest absolute Gasteiger partial charge is 0.326 e. The third kappa shape index (κ3) is 2.97. The molecule has 0 fully saturated rings. The number of nitrogens with one attached hydrogen (secondary N) is 2. The summed E-state index contributed by atoms with van der Waals surface area (Å²) < 4.78 is 1.37. The van der Waals surface area contributed by atoms with E-state index in [1.165, 1.54) is 10.8 Å². The molecule has 1 aromatic rings. The van der Waals surface area contributed by atoms with E-state index in [0.717, 1.165) is 0 Å². The molecule has 15 heavy (non-hydrogen) atoms. The van der Waals surface area contributed by atoms with Crippen LogP contribution in [0.15, 0.2) is 17.2 Å². The van der Waals surface area contributed by atoms with Crippen molar-refractivity contribution in [1.82, 2.24) is 14.9 Å². The zero-order chi connectivity index (χ0) is 11.4. The summed E-state index contributed by atoms with van der Waals surface area (Å²) in [6.07, 6.45) is 3.09. The van der Waals surface area contributed by atoms with Crippen LogP contribution in [-0.2, 0) is 4.79 Å². The maximum Gasteiger partial charge on any atom is 0.326 e. The van der Waals surface area contributed by atoms with Gasteiger partial charge in [-0.3, -0.25) is 9.36 Å². The Kier molecular flexibility index (Phi) is 3.71. The fourth-order valence-corrected chi connectivity index (χ4v) is 1.21. The van der Waals surface area contributed by atoms with Crippen molar-refractivity contribution >= 4 is 5.91 Å². The van der Waals surface area contributed by atoms with E-state index in [9.17, 15) is 9.59 Å². The molecular formula is C10H17N3O2. The summed E-state index contributed by atoms with van der Waals surface area (Å²) in [4.78, 5) is 25.3. The number of amides is 1. The summed E-state index contributed by atoms with van der Waals surface area (Å²) in [7, 11) is 0. The van der Waals surface area contributed by atoms with Crippen LogP contribution in [0.4, 0.5) is 0 Å². The Morgan fingerprint density at radius 2 is 2.20 bits per heavy atom. The third-order valence-corrected chi connectivity index (χ3v) is 2.16. The van der Waals surface area contributed by atoms with Crippen LogP contribution in [-0.4, -0.2) is 22.0 Å². The number of aromatic amines is 1. The molecule has 1 heterocycles. The topological polar surface area (TPSA) is 66.9 Å². The fourth-order valence-electron chi connectivity index (χ4n) is 1.21. The molecule has 0 aromatic carbocycles. The van der Waals surface area contributed by atoms with Crippen LogP contribution in [0.5, 0.6) is 0 Å². The number of hydrogen-bond donors (Lipinski definition) is 2. The molecule has 84 valence electrons. The molecule has 2 N–H and O–H groups in total. The predicted octanol–water partition coefficient (Wildman–Crippen LogP) is 0.510. The van der Waals surface area contributed by atoms with Gasteiger partial charge in [0.1, 0.15) is 6.04 Å². The van der Waals surface area contributed by atoms with E-state index >= 15 is 0 Å². The standard InChI is InChI=1S/C10H17N3O2/c1-7(2)6-12-9(14)8(3)13-5-4-11-10(13)15/h4-5,7-8H,6H2,1-3H3,(H,11,15)(H,12,14). The Morgan fingerprint density at radius 3 is 2.67 bits per heavy atom. The molecule has 5 heteroatoms. The van der Waals surface area contributed by atoms with Gasteiger partial charge >= 0.3 is 5.69 Å². The Balaban J connectivity index is 2.61. The molecule has 0 saturated carbocycles. The molecule has 0 aliphatic heterocycles. The lowest BCUT2D eigenvalue weighted by molar-refractivity contribution is -0.124. The van der Waals surface area contributed by atoms with Gasteiger partial charge in [-0.15, -0.1) is 0 Å². The summed E-state index contributed by atoms with van der Waals surface area (Å²) >= 11 is 0. The molecular weight excluding hydrogens is 194 g/mol. The van der Waals surface area contributed by atoms with E-state index in [1.54, 1.807) is 13.1 Å². The average Bonchev–Trinajstić information content (AvgIpc) is 2.59. The molecule has 0 saturated heterocycles. The van der Waals surface area contributed by atoms with E-state index in [-0.39, 0.29) is 11.6 Å². The van der Waals surface area contributed by atoms with Crippen LogP contribution in [0.1, 0.15) is 26.8 Å². The maximum atomic E-state index is 11.6. The third-order valence-electron chi connectivity index (χ3n) is 2.16. The quantitative estimate of drug-likeness (QED) is 0.762. The van der Waals surface area contributed by atoms with Crippen LogP contribution < -0.4 is 11.0 Å². The molecule has 0 aliphatic rings. The Hall–Kier alpha value is -1.52. The SMILES string of the molecule is CC(C)CNC(=O)C(C)n1cc[nH]c1=O. The first-order valence-corrected chi connectivity index (χ1v) is 5.05. The Morgan fingerprint density at radius 1 is 1.53 bits per heavy atom. The van der Waals surface area contributed by atoms with Crippen molar-refractivity contribution in [2.75, 3.05) is 6.54 Å². The monoisotopic (exact) mass is 211 g/mol. The number of hydrogen-bond acceptors (Lipinski definition) is 2. The van der Waals surface area contributed by atoms with E-state index in [4.69, 9.17) is 0 Å². The lowest BCUT2D eigenvalue weighted by Gasteiger charge is -2.13. The van der Waals surface area contributed by atoms with E-state index in [1.807, 2.05) is 13.8 Å². The molecule has 0 radical (unpaired) electrons. The van der Waals surface area contributed by atoms with Gasteiger partial charge < -0.3 is 10.3 Å². The predicted molar refractivity (Wildman–Crippen MR) is 57.6 cm³/mol. The molecule has 0 aliphatic carbocycles. The number of carbonyl (C=O) groups excluding carboxylic acids is 1. The highest BCUT2D eigenvalue weighted by Gasteiger charge is 2.15. The summed E-state index contributed by atoms with van der Waals surface area (Å²) in [6.45, 7) is 6.37. The van der Waals surface area contributed by atoms with Crippen molar-refractivity contribution in [3.05, 3.63) is 22.9 Å². The minimum atomic E-state index is -0.470. The molecule has 0 bridgehead atoms. The molecule has 1 atom stereocenters. The van der Waals surface area contributed by atoms with Gasteiger partial charge in [0.2, 0.25) is 5.91 Å². The van der Waals surface area contributed by atoms with Crippen molar-refractivity contribution in [3.63, 3.8) is 0 Å². The van der Waals surface area contributed by atoms with Crippen molar-refractivity contribution in [3.8, 4) is 0 Å². The van der Waals surface area contributed by atoms with Gasteiger partial charge in [-0.25, -0.2) is 4.79 Å². The van der Waals surface area contributed by atoms with Crippen molar-refractivity contribution in [1.29, 1.82) is 0 Å². The van der Waals surface area contributed by atoms with Gasteiger partial charge in [0.05, 0.1) is 0 Å². The second-order valence-corrected chi connectivity index (χ2v) is 3.99. The molecule has 5 nitrogen and oxygen atoms in total. The van der Waals surface area contributed by atoms with Gasteiger partial charge in [0.25, 0.3) is 0 Å². The molecule has 1 unspecified atom stereocenters. The van der Waals surface area contributed by atoms with Crippen molar-refractivity contribution < 1.29 is 4.79 Å². The highest BCUT2D eigenvalue weighted by atomic mass is 16.2. The summed E-state index contributed by atoms with van der Waals surface area (Å²) in [6, 6.07) is -0.470. The largest absolute Gasteiger partial charge is 0.354 e. The minimum absolute atomic E-state index is 0.134. The van der Waals surface area contributed by atoms with Gasteiger partial charge in [-0.2, -0.15) is 0 Å². The normalized spacial score (nSPS) is 12.8. The van der Waals surface area contributed by atoms with Crippen LogP contribution >= 0.6 is 0 Å².